The monoisotopic (exact) mass is 1320 g/mol. The van der Waals surface area contributed by atoms with Crippen LogP contribution in [0.3, 0.4) is 0 Å². The second-order valence-electron chi connectivity index (χ2n) is 27.9. The molecule has 0 aliphatic carbocycles. The number of ether oxygens (including phenoxy) is 4. The summed E-state index contributed by atoms with van der Waals surface area (Å²) in [6.45, 7) is 25.8. The van der Waals surface area contributed by atoms with Gasteiger partial charge in [0.25, 0.3) is 0 Å². The molecule has 9 atom stereocenters. The van der Waals surface area contributed by atoms with Gasteiger partial charge in [-0.15, -0.1) is 0 Å². The molecule has 0 unspecified atom stereocenters. The SMILES string of the molecule is COC(=O)[C@@H](NC(=O)[C@H](NC(=O)[C@@H](Cc1ccccc1)NC(=O)[C@H](Cc1cn(C(c2ccccc2)(c2ccccc2)c2ccccc2)cn1)NC(=O)[C@H](NC(=O)[C@@H](NC(=O)[C@H](Cc1cn(C)cn1)NC(=O)OC(C)(C)C)[C@@H](C)OC(C)(C)C)C(C)C)C(C)C)[C@@H](C)OC(C)(C)C. The van der Waals surface area contributed by atoms with Gasteiger partial charge in [-0.25, -0.2) is 19.6 Å². The molecule has 96 heavy (non-hydrogen) atoms. The van der Waals surface area contributed by atoms with Crippen LogP contribution in [0.25, 0.3) is 0 Å². The fourth-order valence-electron chi connectivity index (χ4n) is 11.3. The number of aryl methyl sites for hydroxylation is 1. The maximum absolute atomic E-state index is 15.6. The van der Waals surface area contributed by atoms with Crippen LogP contribution in [0.4, 0.5) is 4.79 Å². The quantitative estimate of drug-likeness (QED) is 0.0174. The number of methoxy groups -OCH3 is 1. The van der Waals surface area contributed by atoms with Crippen LogP contribution in [0.15, 0.2) is 146 Å². The number of amides is 7. The van der Waals surface area contributed by atoms with E-state index in [0.29, 0.717) is 17.0 Å². The van der Waals surface area contributed by atoms with Gasteiger partial charge < -0.3 is 65.3 Å². The van der Waals surface area contributed by atoms with E-state index in [1.807, 2.05) is 95.6 Å². The first-order valence-electron chi connectivity index (χ1n) is 32.5. The van der Waals surface area contributed by atoms with Crippen LogP contribution < -0.4 is 37.2 Å². The van der Waals surface area contributed by atoms with Gasteiger partial charge in [0, 0.05) is 38.7 Å². The predicted octanol–water partition coefficient (Wildman–Crippen LogP) is 7.18. The first-order chi connectivity index (χ1) is 45.1. The molecule has 2 heterocycles. The molecule has 6 rings (SSSR count). The fourth-order valence-corrected chi connectivity index (χ4v) is 11.3. The van der Waals surface area contributed by atoms with Crippen LogP contribution in [0, 0.1) is 11.8 Å². The van der Waals surface area contributed by atoms with Crippen LogP contribution in [-0.2, 0) is 84.4 Å². The number of nitrogens with one attached hydrogen (secondary N) is 7. The summed E-state index contributed by atoms with van der Waals surface area (Å²) in [6.07, 6.45) is 3.47. The molecule has 0 bridgehead atoms. The van der Waals surface area contributed by atoms with Crippen molar-refractivity contribution < 1.29 is 57.3 Å². The van der Waals surface area contributed by atoms with Crippen molar-refractivity contribution in [3.05, 3.63) is 180 Å². The predicted molar refractivity (Wildman–Crippen MR) is 365 cm³/mol. The fraction of sp³-hybridized carbons (Fsp3) is 0.479. The van der Waals surface area contributed by atoms with Crippen molar-refractivity contribution in [1.29, 1.82) is 0 Å². The molecule has 7 amide bonds. The Bertz CT molecular complexity index is 3440. The number of benzene rings is 4. The lowest BCUT2D eigenvalue weighted by atomic mass is 9.77. The van der Waals surface area contributed by atoms with Crippen LogP contribution in [0.5, 0.6) is 0 Å². The van der Waals surface area contributed by atoms with Crippen molar-refractivity contribution in [3.63, 3.8) is 0 Å². The zero-order valence-electron chi connectivity index (χ0n) is 58.5. The molecule has 0 fully saturated rings. The van der Waals surface area contributed by atoms with Crippen molar-refractivity contribution in [2.24, 2.45) is 18.9 Å². The van der Waals surface area contributed by atoms with Crippen molar-refractivity contribution in [3.8, 4) is 0 Å². The normalized spacial score (nSPS) is 14.9. The number of rotatable bonds is 30. The average Bonchev–Trinajstić information content (AvgIpc) is 1.21. The minimum Gasteiger partial charge on any atom is -0.467 e. The van der Waals surface area contributed by atoms with E-state index in [9.17, 15) is 19.2 Å². The van der Waals surface area contributed by atoms with Gasteiger partial charge in [-0.3, -0.25) is 28.8 Å². The van der Waals surface area contributed by atoms with Crippen LogP contribution in [0.2, 0.25) is 0 Å². The third-order valence-electron chi connectivity index (χ3n) is 15.6. The summed E-state index contributed by atoms with van der Waals surface area (Å²) >= 11 is 0. The van der Waals surface area contributed by atoms with E-state index >= 15 is 19.2 Å². The lowest BCUT2D eigenvalue weighted by Crippen LogP contribution is -2.63. The molecule has 2 aromatic heterocycles. The molecule has 23 heteroatoms. The number of nitrogens with zero attached hydrogens (tertiary/aromatic N) is 4. The third-order valence-corrected chi connectivity index (χ3v) is 15.6. The Labute approximate surface area is 564 Å². The second-order valence-corrected chi connectivity index (χ2v) is 27.9. The van der Waals surface area contributed by atoms with E-state index in [2.05, 4.69) is 42.2 Å². The number of aromatic nitrogens is 4. The van der Waals surface area contributed by atoms with Crippen LogP contribution >= 0.6 is 0 Å². The number of imidazole rings is 2. The highest BCUT2D eigenvalue weighted by Crippen LogP contribution is 2.41. The van der Waals surface area contributed by atoms with Crippen LogP contribution in [-0.4, -0.2) is 145 Å². The summed E-state index contributed by atoms with van der Waals surface area (Å²) in [5.74, 6) is -6.74. The van der Waals surface area contributed by atoms with Crippen molar-refractivity contribution >= 4 is 47.5 Å². The second kappa shape index (κ2) is 33.4. The van der Waals surface area contributed by atoms with Gasteiger partial charge in [-0.2, -0.15) is 0 Å². The molecule has 0 saturated heterocycles. The molecule has 6 aromatic rings. The minimum absolute atomic E-state index is 0.0856. The largest absolute Gasteiger partial charge is 0.467 e. The number of carbonyl (C=O) groups excluding carboxylic acids is 8. The topological polar surface area (TPSA) is 293 Å². The first kappa shape index (κ1) is 75.8. The molecule has 0 spiro atoms. The first-order valence-corrected chi connectivity index (χ1v) is 32.5. The maximum Gasteiger partial charge on any atom is 0.408 e. The summed E-state index contributed by atoms with van der Waals surface area (Å²) < 4.78 is 26.6. The molecular weight excluding hydrogens is 1220 g/mol. The Kier molecular flexibility index (Phi) is 26.4. The van der Waals surface area contributed by atoms with Gasteiger partial charge >= 0.3 is 12.1 Å². The Morgan fingerprint density at radius 3 is 1.23 bits per heavy atom. The van der Waals surface area contributed by atoms with Gasteiger partial charge in [0.2, 0.25) is 35.4 Å². The molecule has 518 valence electrons. The minimum atomic E-state index is -1.52. The molecule has 23 nitrogen and oxygen atoms in total. The summed E-state index contributed by atoms with van der Waals surface area (Å²) in [7, 11) is 2.95. The van der Waals surface area contributed by atoms with Gasteiger partial charge in [0.1, 0.15) is 47.4 Å². The van der Waals surface area contributed by atoms with Crippen molar-refractivity contribution in [1.82, 2.24) is 56.3 Å². The number of carbonyl (C=O) groups is 8. The highest BCUT2D eigenvalue weighted by atomic mass is 16.6. The van der Waals surface area contributed by atoms with Crippen molar-refractivity contribution in [2.45, 2.75) is 200 Å². The third kappa shape index (κ3) is 21.7. The van der Waals surface area contributed by atoms with E-state index in [4.69, 9.17) is 23.9 Å². The average molecular weight is 1320 g/mol. The molecule has 7 N–H and O–H groups in total. The molecule has 0 aliphatic rings. The zero-order valence-corrected chi connectivity index (χ0v) is 58.5. The number of esters is 1. The molecule has 0 saturated carbocycles. The lowest BCUT2D eigenvalue weighted by molar-refractivity contribution is -0.154. The molecule has 0 radical (unpaired) electrons. The summed E-state index contributed by atoms with van der Waals surface area (Å²) in [6, 6.07) is 28.9. The Hall–Kier alpha value is -9.22. The molecule has 4 aromatic carbocycles. The number of hydrogen-bond acceptors (Lipinski definition) is 14. The van der Waals surface area contributed by atoms with E-state index < -0.39 is 136 Å². The standard InChI is InChI=1S/C73H99N11O12/c1-45(2)58(80-67(90)60(47(5)94-70(7,8)9)81-64(87)57(39-53-41-83(16)43-74-53)78-69(92)96-72(13,14)15)65(88)77-56(40-54-42-84(44-75-54)73(50-32-24-19-25-33-50,51-34-26-20-27-35-51)52-36-28-21-29-37-52)62(85)76-55(38-49-30-22-18-23-31-49)63(86)79-59(46(3)4)66(89)82-61(68(91)93-17)48(6)95-71(10,11)12/h18-37,41-48,55-61H,38-40H2,1-17H3,(H,76,85)(H,77,88)(H,78,92)(H,79,86)(H,80,90)(H,81,87)(H,82,89)/t47-,48-,55-,56+,57+,58-,59-,60+,61+/m1/s1. The van der Waals surface area contributed by atoms with Gasteiger partial charge in [-0.05, 0) is 110 Å². The Morgan fingerprint density at radius 1 is 0.427 bits per heavy atom. The molecule has 0 aliphatic heterocycles. The highest BCUT2D eigenvalue weighted by molar-refractivity contribution is 5.98. The Balaban J connectivity index is 1.42. The van der Waals surface area contributed by atoms with Gasteiger partial charge in [0.15, 0.2) is 6.04 Å². The van der Waals surface area contributed by atoms with Gasteiger partial charge in [-0.1, -0.05) is 149 Å². The number of hydrogen-bond donors (Lipinski definition) is 7. The molecular formula is C73H99N11O12. The summed E-state index contributed by atoms with van der Waals surface area (Å²) in [4.78, 5) is 126. The van der Waals surface area contributed by atoms with Crippen molar-refractivity contribution in [2.75, 3.05) is 7.11 Å². The van der Waals surface area contributed by atoms with E-state index in [1.54, 1.807) is 171 Å². The van der Waals surface area contributed by atoms with Gasteiger partial charge in [0.05, 0.1) is 54.6 Å². The number of alkyl carbamates (subject to hydrolysis) is 1. The Morgan fingerprint density at radius 2 is 0.792 bits per heavy atom. The van der Waals surface area contributed by atoms with E-state index in [0.717, 1.165) is 16.7 Å². The van der Waals surface area contributed by atoms with Crippen LogP contribution in [0.1, 0.15) is 137 Å². The summed E-state index contributed by atoms with van der Waals surface area (Å²) in [5.41, 5.74) is 0.602. The lowest BCUT2D eigenvalue weighted by Gasteiger charge is -2.37. The highest BCUT2D eigenvalue weighted by Gasteiger charge is 2.42. The maximum atomic E-state index is 15.6. The summed E-state index contributed by atoms with van der Waals surface area (Å²) in [5, 5.41) is 19.7. The zero-order chi connectivity index (χ0) is 70.9. The van der Waals surface area contributed by atoms with E-state index in [-0.39, 0.29) is 19.3 Å². The smallest absolute Gasteiger partial charge is 0.408 e. The van der Waals surface area contributed by atoms with E-state index in [1.165, 1.54) is 7.11 Å².